The van der Waals surface area contributed by atoms with Crippen molar-refractivity contribution in [3.05, 3.63) is 35.2 Å². The number of H-pyrrole nitrogens is 1. The van der Waals surface area contributed by atoms with Crippen LogP contribution in [-0.4, -0.2) is 46.7 Å². The highest BCUT2D eigenvalue weighted by molar-refractivity contribution is 6.31. The smallest absolute Gasteiger partial charge is 0.411 e. The molecule has 1 aliphatic carbocycles. The Morgan fingerprint density at radius 3 is 2.41 bits per heavy atom. The van der Waals surface area contributed by atoms with E-state index in [2.05, 4.69) is 25.3 Å². The van der Waals surface area contributed by atoms with Crippen LogP contribution in [0.2, 0.25) is 5.15 Å². The molecule has 1 fully saturated rings. The van der Waals surface area contributed by atoms with E-state index >= 15 is 0 Å². The van der Waals surface area contributed by atoms with Crippen LogP contribution in [-0.2, 0) is 20.7 Å². The van der Waals surface area contributed by atoms with Gasteiger partial charge >= 0.3 is 12.2 Å². The third kappa shape index (κ3) is 7.21. The molecule has 0 bridgehead atoms. The summed E-state index contributed by atoms with van der Waals surface area (Å²) in [6, 6.07) is 6.77. The Bertz CT molecular complexity index is 1020. The number of methoxy groups -OCH3 is 1. The molecule has 1 aromatic carbocycles. The van der Waals surface area contributed by atoms with Crippen LogP contribution in [0.3, 0.4) is 0 Å². The Labute approximate surface area is 204 Å². The van der Waals surface area contributed by atoms with Crippen LogP contribution >= 0.6 is 11.6 Å². The van der Waals surface area contributed by atoms with Gasteiger partial charge in [0.25, 0.3) is 0 Å². The molecule has 0 spiro atoms. The first-order chi connectivity index (χ1) is 16.0. The van der Waals surface area contributed by atoms with Crippen LogP contribution in [0.5, 0.6) is 0 Å². The summed E-state index contributed by atoms with van der Waals surface area (Å²) in [5, 5.41) is 5.94. The minimum atomic E-state index is -0.618. The van der Waals surface area contributed by atoms with E-state index in [4.69, 9.17) is 16.3 Å². The molecule has 34 heavy (non-hydrogen) atoms. The monoisotopic (exact) mass is 490 g/mol. The predicted molar refractivity (Wildman–Crippen MR) is 129 cm³/mol. The van der Waals surface area contributed by atoms with Crippen LogP contribution in [0.15, 0.2) is 24.3 Å². The molecule has 2 aromatic rings. The van der Waals surface area contributed by atoms with E-state index in [1.807, 2.05) is 20.8 Å². The number of halogens is 1. The lowest BCUT2D eigenvalue weighted by molar-refractivity contribution is -0.121. The first-order valence-corrected chi connectivity index (χ1v) is 11.6. The number of Topliss-reactive ketones (excluding diaryl/α,β-unsaturated/α-hetero) is 1. The van der Waals surface area contributed by atoms with Crippen molar-refractivity contribution in [1.29, 1.82) is 0 Å². The van der Waals surface area contributed by atoms with Crippen molar-refractivity contribution < 1.29 is 23.9 Å². The van der Waals surface area contributed by atoms with E-state index in [1.54, 1.807) is 24.3 Å². The van der Waals surface area contributed by atoms with Gasteiger partial charge in [0.05, 0.1) is 7.11 Å². The van der Waals surface area contributed by atoms with Crippen molar-refractivity contribution in [2.75, 3.05) is 12.4 Å². The molecule has 10 heteroatoms. The number of ether oxygens (including phenoxy) is 2. The highest BCUT2D eigenvalue weighted by Crippen LogP contribution is 2.30. The van der Waals surface area contributed by atoms with Gasteiger partial charge in [0, 0.05) is 36.6 Å². The van der Waals surface area contributed by atoms with E-state index in [9.17, 15) is 14.4 Å². The molecule has 1 heterocycles. The van der Waals surface area contributed by atoms with Gasteiger partial charge in [-0.05, 0) is 51.7 Å². The molecule has 0 saturated heterocycles. The Morgan fingerprint density at radius 2 is 1.82 bits per heavy atom. The summed E-state index contributed by atoms with van der Waals surface area (Å²) < 4.78 is 10.0. The molecule has 0 radical (unpaired) electrons. The number of anilines is 1. The number of carbonyl (C=O) groups is 3. The fraction of sp³-hybridized carbons (Fsp3) is 0.500. The minimum absolute atomic E-state index is 0.126. The summed E-state index contributed by atoms with van der Waals surface area (Å²) in [6.45, 7) is 5.43. The van der Waals surface area contributed by atoms with Crippen molar-refractivity contribution in [2.24, 2.45) is 5.92 Å². The molecule has 1 aliphatic rings. The van der Waals surface area contributed by atoms with E-state index in [1.165, 1.54) is 7.11 Å². The number of hydrogen-bond acceptors (Lipinski definition) is 6. The van der Waals surface area contributed by atoms with Crippen LogP contribution in [0.1, 0.15) is 52.3 Å². The number of rotatable bonds is 6. The molecule has 1 aromatic heterocycles. The maximum Gasteiger partial charge on any atom is 0.411 e. The summed E-state index contributed by atoms with van der Waals surface area (Å²) in [7, 11) is 1.30. The second kappa shape index (κ2) is 10.9. The van der Waals surface area contributed by atoms with Crippen molar-refractivity contribution in [1.82, 2.24) is 15.3 Å². The largest absolute Gasteiger partial charge is 0.453 e. The summed E-state index contributed by atoms with van der Waals surface area (Å²) in [5.41, 5.74) is 1.29. The number of carbonyl (C=O) groups excluding carboxylic acids is 3. The van der Waals surface area contributed by atoms with Gasteiger partial charge in [-0.3, -0.25) is 10.1 Å². The number of aromatic amines is 1. The van der Waals surface area contributed by atoms with Crippen LogP contribution < -0.4 is 10.6 Å². The van der Waals surface area contributed by atoms with Gasteiger partial charge in [-0.2, -0.15) is 0 Å². The average molecular weight is 491 g/mol. The van der Waals surface area contributed by atoms with Gasteiger partial charge in [-0.1, -0.05) is 23.7 Å². The van der Waals surface area contributed by atoms with Gasteiger partial charge in [0.2, 0.25) is 0 Å². The van der Waals surface area contributed by atoms with Crippen molar-refractivity contribution in [3.8, 4) is 11.3 Å². The zero-order valence-corrected chi connectivity index (χ0v) is 20.6. The summed E-state index contributed by atoms with van der Waals surface area (Å²) in [4.78, 5) is 43.4. The second-order valence-corrected chi connectivity index (χ2v) is 9.75. The van der Waals surface area contributed by atoms with Gasteiger partial charge in [-0.15, -0.1) is 0 Å². The Kier molecular flexibility index (Phi) is 8.19. The maximum atomic E-state index is 12.5. The SMILES string of the molecule is COC(=O)Nc1ccc(-c2nc(CC(NC(=O)OC(C)(C)C)C3CCC(=O)CC3)[nH]c2Cl)cc1. The second-order valence-electron chi connectivity index (χ2n) is 9.37. The van der Waals surface area contributed by atoms with Gasteiger partial charge in [0.1, 0.15) is 28.1 Å². The third-order valence-electron chi connectivity index (χ3n) is 5.57. The Morgan fingerprint density at radius 1 is 1.18 bits per heavy atom. The molecule has 1 saturated carbocycles. The summed E-state index contributed by atoms with van der Waals surface area (Å²) in [5.74, 6) is 0.997. The van der Waals surface area contributed by atoms with Gasteiger partial charge in [0.15, 0.2) is 0 Å². The standard InChI is InChI=1S/C24H31ClN4O5/c1-24(2,3)34-23(32)27-18(14-7-11-17(30)12-8-14)13-19-28-20(21(25)29-19)15-5-9-16(10-6-15)26-22(31)33-4/h5-6,9-10,14,18H,7-8,11-13H2,1-4H3,(H,26,31)(H,27,32)(H,28,29). The van der Waals surface area contributed by atoms with Gasteiger partial charge in [-0.25, -0.2) is 14.6 Å². The molecular weight excluding hydrogens is 460 g/mol. The van der Waals surface area contributed by atoms with Crippen molar-refractivity contribution >= 4 is 35.3 Å². The number of hydrogen-bond donors (Lipinski definition) is 3. The van der Waals surface area contributed by atoms with E-state index < -0.39 is 17.8 Å². The number of nitrogens with one attached hydrogen (secondary N) is 3. The lowest BCUT2D eigenvalue weighted by Crippen LogP contribution is -2.45. The lowest BCUT2D eigenvalue weighted by atomic mass is 9.82. The highest BCUT2D eigenvalue weighted by atomic mass is 35.5. The molecule has 2 amide bonds. The number of nitrogens with zero attached hydrogens (tertiary/aromatic N) is 1. The number of benzene rings is 1. The summed E-state index contributed by atoms with van der Waals surface area (Å²) >= 11 is 6.44. The normalized spacial score (nSPS) is 15.5. The fourth-order valence-corrected chi connectivity index (χ4v) is 4.19. The number of aromatic nitrogens is 2. The lowest BCUT2D eigenvalue weighted by Gasteiger charge is -2.31. The third-order valence-corrected chi connectivity index (χ3v) is 5.84. The number of imidazole rings is 1. The summed E-state index contributed by atoms with van der Waals surface area (Å²) in [6.07, 6.45) is 1.78. The zero-order chi connectivity index (χ0) is 24.9. The number of alkyl carbamates (subject to hydrolysis) is 1. The fourth-order valence-electron chi connectivity index (χ4n) is 3.93. The topological polar surface area (TPSA) is 122 Å². The predicted octanol–water partition coefficient (Wildman–Crippen LogP) is 5.10. The first-order valence-electron chi connectivity index (χ1n) is 11.2. The Balaban J connectivity index is 1.76. The van der Waals surface area contributed by atoms with Crippen LogP contribution in [0.25, 0.3) is 11.3 Å². The quantitative estimate of drug-likeness (QED) is 0.517. The first kappa shape index (κ1) is 25.6. The number of amides is 2. The highest BCUT2D eigenvalue weighted by Gasteiger charge is 2.30. The molecule has 3 rings (SSSR count). The van der Waals surface area contributed by atoms with Crippen molar-refractivity contribution in [3.63, 3.8) is 0 Å². The maximum absolute atomic E-state index is 12.5. The molecule has 3 N–H and O–H groups in total. The molecule has 1 unspecified atom stereocenters. The molecule has 9 nitrogen and oxygen atoms in total. The molecule has 0 aliphatic heterocycles. The average Bonchev–Trinajstić information content (AvgIpc) is 3.13. The van der Waals surface area contributed by atoms with E-state index in [0.29, 0.717) is 54.5 Å². The minimum Gasteiger partial charge on any atom is -0.453 e. The van der Waals surface area contributed by atoms with Crippen LogP contribution in [0, 0.1) is 5.92 Å². The van der Waals surface area contributed by atoms with Gasteiger partial charge < -0.3 is 19.8 Å². The van der Waals surface area contributed by atoms with Crippen LogP contribution in [0.4, 0.5) is 15.3 Å². The molecule has 184 valence electrons. The molecule has 1 atom stereocenters. The van der Waals surface area contributed by atoms with E-state index in [-0.39, 0.29) is 17.7 Å². The zero-order valence-electron chi connectivity index (χ0n) is 19.9. The van der Waals surface area contributed by atoms with Crippen molar-refractivity contribution in [2.45, 2.75) is 64.5 Å². The molecular formula is C24H31ClN4O5. The number of ketones is 1. The van der Waals surface area contributed by atoms with E-state index in [0.717, 1.165) is 5.56 Å². The Hall–Kier alpha value is -3.07.